The fourth-order valence-electron chi connectivity index (χ4n) is 7.40. The average Bonchev–Trinajstić information content (AvgIpc) is 3.37. The first kappa shape index (κ1) is 42.3. The number of rotatable bonds is 11. The summed E-state index contributed by atoms with van der Waals surface area (Å²) in [5.41, 5.74) is 6.01. The number of nitrogens with two attached hydrogens (primary N) is 1. The van der Waals surface area contributed by atoms with Gasteiger partial charge in [-0.25, -0.2) is 19.4 Å². The number of nitrogen functional groups attached to an aromatic ring is 1. The van der Waals surface area contributed by atoms with Gasteiger partial charge in [0.2, 0.25) is 0 Å². The second-order valence-corrected chi connectivity index (χ2v) is 15.3. The molecule has 18 heteroatoms. The summed E-state index contributed by atoms with van der Waals surface area (Å²) in [6, 6.07) is 12.7. The summed E-state index contributed by atoms with van der Waals surface area (Å²) in [6.07, 6.45) is -3.71. The molecule has 6 rings (SSSR count). The molecular formula is C40H48ClF3N8O6. The van der Waals surface area contributed by atoms with Crippen molar-refractivity contribution in [2.24, 2.45) is 0 Å². The number of piperidine rings is 1. The fourth-order valence-corrected chi connectivity index (χ4v) is 7.64. The minimum atomic E-state index is -4.81. The summed E-state index contributed by atoms with van der Waals surface area (Å²) in [5.74, 6) is -0.467. The van der Waals surface area contributed by atoms with Gasteiger partial charge in [0.05, 0.1) is 28.4 Å². The van der Waals surface area contributed by atoms with E-state index in [0.717, 1.165) is 23.9 Å². The normalized spacial score (nSPS) is 17.1. The molecule has 3 N–H and O–H groups in total. The molecule has 0 radical (unpaired) electrons. The monoisotopic (exact) mass is 828 g/mol. The highest BCUT2D eigenvalue weighted by atomic mass is 35.5. The largest absolute Gasteiger partial charge is 0.462 e. The van der Waals surface area contributed by atoms with Crippen LogP contribution in [-0.2, 0) is 33.3 Å². The molecule has 0 unspecified atom stereocenters. The van der Waals surface area contributed by atoms with E-state index in [0.29, 0.717) is 56.7 Å². The van der Waals surface area contributed by atoms with Crippen LogP contribution in [0.3, 0.4) is 0 Å². The molecule has 1 atom stereocenters. The van der Waals surface area contributed by atoms with Crippen molar-refractivity contribution >= 4 is 52.8 Å². The number of fused-ring (bicyclic) bond motifs is 1. The Kier molecular flexibility index (Phi) is 13.5. The number of hydrogen-bond acceptors (Lipinski definition) is 10. The van der Waals surface area contributed by atoms with Gasteiger partial charge in [0.1, 0.15) is 5.82 Å². The molecule has 4 amide bonds. The molecule has 0 spiro atoms. The Hall–Kier alpha value is -5.29. The minimum absolute atomic E-state index is 0.0173. The average molecular weight is 829 g/mol. The van der Waals surface area contributed by atoms with Crippen molar-refractivity contribution in [1.82, 2.24) is 24.6 Å². The maximum Gasteiger partial charge on any atom is 0.418 e. The van der Waals surface area contributed by atoms with Crippen LogP contribution in [0.2, 0.25) is 5.02 Å². The second-order valence-electron chi connectivity index (χ2n) is 14.9. The Bertz CT molecular complexity index is 1950. The molecule has 1 aromatic heterocycles. The first-order valence-electron chi connectivity index (χ1n) is 19.3. The third kappa shape index (κ3) is 10.4. The van der Waals surface area contributed by atoms with E-state index in [1.54, 1.807) is 17.0 Å². The molecule has 2 aromatic carbocycles. The molecule has 2 fully saturated rings. The van der Waals surface area contributed by atoms with Crippen molar-refractivity contribution in [3.63, 3.8) is 0 Å². The summed E-state index contributed by atoms with van der Waals surface area (Å²) in [7, 11) is 3.87. The van der Waals surface area contributed by atoms with Crippen molar-refractivity contribution in [1.29, 1.82) is 0 Å². The number of halogens is 4. The number of pyridine rings is 1. The van der Waals surface area contributed by atoms with Gasteiger partial charge in [-0.15, -0.1) is 0 Å². The number of esters is 1. The van der Waals surface area contributed by atoms with E-state index < -0.39 is 41.5 Å². The van der Waals surface area contributed by atoms with Gasteiger partial charge in [0, 0.05) is 76.7 Å². The van der Waals surface area contributed by atoms with Gasteiger partial charge in [-0.3, -0.25) is 4.79 Å². The molecule has 3 aromatic rings. The summed E-state index contributed by atoms with van der Waals surface area (Å²) in [6.45, 7) is 3.17. The molecule has 14 nitrogen and oxygen atoms in total. The van der Waals surface area contributed by atoms with Gasteiger partial charge in [-0.2, -0.15) is 13.2 Å². The molecular weight excluding hydrogens is 781 g/mol. The van der Waals surface area contributed by atoms with Crippen molar-refractivity contribution in [2.75, 3.05) is 89.0 Å². The van der Waals surface area contributed by atoms with Gasteiger partial charge in [0.25, 0.3) is 5.91 Å². The van der Waals surface area contributed by atoms with Gasteiger partial charge in [-0.1, -0.05) is 29.8 Å². The molecule has 2 saturated heterocycles. The lowest BCUT2D eigenvalue weighted by atomic mass is 10.0. The van der Waals surface area contributed by atoms with E-state index in [4.69, 9.17) is 26.8 Å². The maximum atomic E-state index is 14.1. The number of ether oxygens (including phenoxy) is 2. The van der Waals surface area contributed by atoms with Crippen molar-refractivity contribution in [3.8, 4) is 0 Å². The van der Waals surface area contributed by atoms with Crippen molar-refractivity contribution in [2.45, 2.75) is 50.4 Å². The SMILES string of the molecule is CN(C)CCCOC(=O)c1ccc(N2CCN(C(=O)[C@@H](Cc3cc(Cl)c(N)c(C(F)(F)F)c3)OC(=O)N3CCC(N4CCc5ccccc5NC4=O)CC3)CC2)nc1. The lowest BCUT2D eigenvalue weighted by Crippen LogP contribution is -2.54. The van der Waals surface area contributed by atoms with E-state index in [-0.39, 0.29) is 61.9 Å². The van der Waals surface area contributed by atoms with Crippen molar-refractivity contribution in [3.05, 3.63) is 82.0 Å². The van der Waals surface area contributed by atoms with E-state index >= 15 is 0 Å². The highest BCUT2D eigenvalue weighted by Crippen LogP contribution is 2.38. The maximum absolute atomic E-state index is 14.1. The van der Waals surface area contributed by atoms with Crippen LogP contribution in [0.25, 0.3) is 0 Å². The lowest BCUT2D eigenvalue weighted by Gasteiger charge is -2.39. The van der Waals surface area contributed by atoms with Crippen LogP contribution in [0.15, 0.2) is 54.7 Å². The van der Waals surface area contributed by atoms with Gasteiger partial charge in [0.15, 0.2) is 6.10 Å². The zero-order valence-electron chi connectivity index (χ0n) is 32.5. The lowest BCUT2D eigenvalue weighted by molar-refractivity contribution is -0.141. The predicted octanol–water partition coefficient (Wildman–Crippen LogP) is 5.40. The van der Waals surface area contributed by atoms with Crippen LogP contribution in [0.1, 0.15) is 46.3 Å². The molecule has 3 aliphatic heterocycles. The molecule has 0 saturated carbocycles. The number of para-hydroxylation sites is 1. The number of nitrogens with one attached hydrogen (secondary N) is 1. The number of hydrogen-bond donors (Lipinski definition) is 2. The fraction of sp³-hybridized carbons (Fsp3) is 0.475. The van der Waals surface area contributed by atoms with Crippen LogP contribution >= 0.6 is 11.6 Å². The number of alkyl halides is 3. The van der Waals surface area contributed by atoms with E-state index in [1.807, 2.05) is 48.2 Å². The first-order chi connectivity index (χ1) is 27.7. The summed E-state index contributed by atoms with van der Waals surface area (Å²) in [4.78, 5) is 66.4. The van der Waals surface area contributed by atoms with Crippen LogP contribution < -0.4 is 16.0 Å². The second kappa shape index (κ2) is 18.5. The minimum Gasteiger partial charge on any atom is -0.462 e. The quantitative estimate of drug-likeness (QED) is 0.146. The number of aromatic nitrogens is 1. The van der Waals surface area contributed by atoms with Crippen LogP contribution in [-0.4, -0.2) is 134 Å². The third-order valence-electron chi connectivity index (χ3n) is 10.6. The van der Waals surface area contributed by atoms with Gasteiger partial charge >= 0.3 is 24.3 Å². The van der Waals surface area contributed by atoms with Crippen LogP contribution in [0.4, 0.5) is 40.0 Å². The van der Waals surface area contributed by atoms with Crippen LogP contribution in [0, 0.1) is 0 Å². The van der Waals surface area contributed by atoms with E-state index in [9.17, 15) is 32.3 Å². The molecule has 3 aliphatic rings. The Labute approximate surface area is 340 Å². The zero-order valence-corrected chi connectivity index (χ0v) is 33.2. The third-order valence-corrected chi connectivity index (χ3v) is 10.9. The number of carbonyl (C=O) groups is 4. The summed E-state index contributed by atoms with van der Waals surface area (Å²) < 4.78 is 52.8. The first-order valence-corrected chi connectivity index (χ1v) is 19.6. The Morgan fingerprint density at radius 2 is 1.72 bits per heavy atom. The number of amides is 4. The molecule has 0 aliphatic carbocycles. The topological polar surface area (TPSA) is 154 Å². The standard InChI is InChI=1S/C40H48ClF3N8O6/c1-48(2)13-5-21-57-37(54)28-8-9-34(46-25-28)49-17-19-50(20-18-49)36(53)33(24-26-22-30(40(42,43)44)35(45)31(41)23-26)58-39(56)51-14-11-29(12-15-51)52-16-10-27-6-3-4-7-32(27)47-38(52)55/h3-4,6-9,22-23,25,29,33H,5,10-21,24,45H2,1-2H3,(H,47,55)/t33-/m1/s1. The van der Waals surface area contributed by atoms with Crippen LogP contribution in [0.5, 0.6) is 0 Å². The molecule has 0 bridgehead atoms. The number of anilines is 3. The van der Waals surface area contributed by atoms with E-state index in [1.165, 1.54) is 22.1 Å². The highest BCUT2D eigenvalue weighted by Gasteiger charge is 2.38. The van der Waals surface area contributed by atoms with E-state index in [2.05, 4.69) is 10.3 Å². The highest BCUT2D eigenvalue weighted by molar-refractivity contribution is 6.33. The number of benzene rings is 2. The number of piperazine rings is 1. The number of nitrogens with zero attached hydrogens (tertiary/aromatic N) is 6. The zero-order chi connectivity index (χ0) is 41.6. The molecule has 312 valence electrons. The molecule has 4 heterocycles. The number of urea groups is 1. The predicted molar refractivity (Wildman–Crippen MR) is 212 cm³/mol. The summed E-state index contributed by atoms with van der Waals surface area (Å²) >= 11 is 6.12. The smallest absolute Gasteiger partial charge is 0.418 e. The summed E-state index contributed by atoms with van der Waals surface area (Å²) in [5, 5.41) is 2.64. The Morgan fingerprint density at radius 3 is 2.40 bits per heavy atom. The number of carbonyl (C=O) groups excluding carboxylic acids is 4. The molecule has 58 heavy (non-hydrogen) atoms. The van der Waals surface area contributed by atoms with Gasteiger partial charge < -0.3 is 45.0 Å². The Morgan fingerprint density at radius 1 is 1.00 bits per heavy atom. The van der Waals surface area contributed by atoms with Gasteiger partial charge in [-0.05, 0) is 81.2 Å². The number of likely N-dealkylation sites (tertiary alicyclic amines) is 1. The Balaban J connectivity index is 1.09. The van der Waals surface area contributed by atoms with Crippen molar-refractivity contribution < 1.29 is 41.8 Å².